The van der Waals surface area contributed by atoms with Gasteiger partial charge in [-0.3, -0.25) is 9.59 Å². The highest BCUT2D eigenvalue weighted by atomic mass is 32.2. The van der Waals surface area contributed by atoms with Gasteiger partial charge in [0.1, 0.15) is 5.82 Å². The van der Waals surface area contributed by atoms with Crippen LogP contribution in [0.4, 0.5) is 10.1 Å². The molecule has 0 atom stereocenters. The van der Waals surface area contributed by atoms with E-state index in [1.54, 1.807) is 35.9 Å². The van der Waals surface area contributed by atoms with E-state index < -0.39 is 21.7 Å². The van der Waals surface area contributed by atoms with Crippen molar-refractivity contribution in [3.05, 3.63) is 88.5 Å². The van der Waals surface area contributed by atoms with Crippen molar-refractivity contribution in [2.24, 2.45) is 7.05 Å². The van der Waals surface area contributed by atoms with Crippen molar-refractivity contribution in [1.29, 1.82) is 0 Å². The van der Waals surface area contributed by atoms with Crippen molar-refractivity contribution in [1.82, 2.24) is 4.57 Å². The van der Waals surface area contributed by atoms with Crippen molar-refractivity contribution in [3.63, 3.8) is 0 Å². The van der Waals surface area contributed by atoms with Gasteiger partial charge >= 0.3 is 0 Å². The first-order valence-corrected chi connectivity index (χ1v) is 11.4. The molecule has 31 heavy (non-hydrogen) atoms. The molecule has 0 unspecified atom stereocenters. The number of amides is 1. The first kappa shape index (κ1) is 22.4. The lowest BCUT2D eigenvalue weighted by Gasteiger charge is -2.19. The largest absolute Gasteiger partial charge is 0.344 e. The molecule has 0 N–H and O–H groups in total. The molecule has 8 heteroatoms. The fraction of sp³-hybridized carbons (Fsp3) is 0.217. The van der Waals surface area contributed by atoms with Crippen molar-refractivity contribution < 1.29 is 22.4 Å². The average Bonchev–Trinajstić information content (AvgIpc) is 2.96. The van der Waals surface area contributed by atoms with Crippen molar-refractivity contribution in [2.75, 3.05) is 10.6 Å². The smallest absolute Gasteiger partial charge is 0.238 e. The first-order valence-electron chi connectivity index (χ1n) is 9.55. The highest BCUT2D eigenvalue weighted by Crippen LogP contribution is 2.25. The number of ketones is 1. The van der Waals surface area contributed by atoms with Crippen LogP contribution in [-0.2, 0) is 28.3 Å². The lowest BCUT2D eigenvalue weighted by Crippen LogP contribution is -2.34. The van der Waals surface area contributed by atoms with Crippen LogP contribution in [0, 0.1) is 12.7 Å². The van der Waals surface area contributed by atoms with E-state index in [9.17, 15) is 22.4 Å². The summed E-state index contributed by atoms with van der Waals surface area (Å²) < 4.78 is 40.9. The molecule has 0 aliphatic heterocycles. The maximum atomic E-state index is 14.8. The number of aryl methyl sites for hydroxylation is 1. The van der Waals surface area contributed by atoms with Gasteiger partial charge in [-0.25, -0.2) is 17.1 Å². The number of aromatic nitrogens is 1. The van der Waals surface area contributed by atoms with Gasteiger partial charge in [0.05, 0.1) is 17.6 Å². The fourth-order valence-electron chi connectivity index (χ4n) is 3.66. The quantitative estimate of drug-likeness (QED) is 0.547. The molecule has 0 aliphatic rings. The van der Waals surface area contributed by atoms with Crippen LogP contribution >= 0.6 is 0 Å². The number of carbonyl (C=O) groups is 2. The Morgan fingerprint density at radius 2 is 1.71 bits per heavy atom. The number of anilines is 1. The molecule has 0 bridgehead atoms. The van der Waals surface area contributed by atoms with Gasteiger partial charge in [-0.1, -0.05) is 36.4 Å². The monoisotopic (exact) mass is 442 g/mol. The van der Waals surface area contributed by atoms with Crippen molar-refractivity contribution in [3.8, 4) is 0 Å². The van der Waals surface area contributed by atoms with Crippen LogP contribution in [0.1, 0.15) is 39.8 Å². The van der Waals surface area contributed by atoms with E-state index in [2.05, 4.69) is 0 Å². The number of sulfonamides is 1. The Bertz CT molecular complexity index is 1260. The minimum absolute atomic E-state index is 0.0562. The number of nitrogens with zero attached hydrogens (tertiary/aromatic N) is 2. The summed E-state index contributed by atoms with van der Waals surface area (Å²) in [5, 5.41) is 0. The van der Waals surface area contributed by atoms with E-state index in [1.165, 1.54) is 12.1 Å². The van der Waals surface area contributed by atoms with E-state index in [0.717, 1.165) is 30.5 Å². The lowest BCUT2D eigenvalue weighted by molar-refractivity contribution is -0.115. The second-order valence-corrected chi connectivity index (χ2v) is 9.25. The average molecular weight is 443 g/mol. The molecule has 1 heterocycles. The molecule has 1 aromatic heterocycles. The molecule has 0 aliphatic carbocycles. The number of benzene rings is 2. The topological polar surface area (TPSA) is 76.5 Å². The third-order valence-corrected chi connectivity index (χ3v) is 6.17. The minimum Gasteiger partial charge on any atom is -0.344 e. The Hall–Kier alpha value is -3.26. The zero-order chi connectivity index (χ0) is 22.9. The first-order chi connectivity index (χ1) is 14.5. The highest BCUT2D eigenvalue weighted by molar-refractivity contribution is 7.92. The van der Waals surface area contributed by atoms with Gasteiger partial charge in [-0.05, 0) is 36.2 Å². The number of rotatable bonds is 6. The fourth-order valence-corrected chi connectivity index (χ4v) is 4.62. The molecule has 0 fully saturated rings. The molecule has 6 nitrogen and oxygen atoms in total. The van der Waals surface area contributed by atoms with Gasteiger partial charge < -0.3 is 4.57 Å². The molecule has 0 spiro atoms. The van der Waals surface area contributed by atoms with Crippen LogP contribution in [0.3, 0.4) is 0 Å². The van der Waals surface area contributed by atoms with E-state index in [4.69, 9.17) is 0 Å². The second-order valence-electron chi connectivity index (χ2n) is 7.42. The molecule has 3 rings (SSSR count). The summed E-state index contributed by atoms with van der Waals surface area (Å²) in [6, 6.07) is 14.6. The third-order valence-electron chi connectivity index (χ3n) is 5.03. The summed E-state index contributed by atoms with van der Waals surface area (Å²) >= 11 is 0. The number of halogens is 1. The molecule has 162 valence electrons. The Labute approximate surface area is 181 Å². The lowest BCUT2D eigenvalue weighted by atomic mass is 10.1. The normalized spacial score (nSPS) is 11.4. The van der Waals surface area contributed by atoms with Crippen LogP contribution in [0.5, 0.6) is 0 Å². The number of hydrogen-bond donors (Lipinski definition) is 0. The molecule has 0 radical (unpaired) electrons. The summed E-state index contributed by atoms with van der Waals surface area (Å²) in [7, 11) is -2.12. The Balaban J connectivity index is 1.94. The SMILES string of the molecule is CC(=O)N(c1ccc(Cc2cc(C)c(C(=O)c3ccccc3)n2C)c(F)c1)S(C)(=O)=O. The number of hydrogen-bond acceptors (Lipinski definition) is 4. The van der Waals surface area contributed by atoms with Gasteiger partial charge in [-0.15, -0.1) is 0 Å². The van der Waals surface area contributed by atoms with Crippen LogP contribution in [-0.4, -0.2) is 30.9 Å². The minimum atomic E-state index is -3.88. The van der Waals surface area contributed by atoms with Gasteiger partial charge in [0.2, 0.25) is 21.7 Å². The van der Waals surface area contributed by atoms with Crippen LogP contribution in [0.25, 0.3) is 0 Å². The van der Waals surface area contributed by atoms with Crippen LogP contribution in [0.2, 0.25) is 0 Å². The summed E-state index contributed by atoms with van der Waals surface area (Å²) in [5.41, 5.74) is 2.87. The van der Waals surface area contributed by atoms with E-state index in [1.807, 2.05) is 19.1 Å². The van der Waals surface area contributed by atoms with E-state index in [0.29, 0.717) is 21.1 Å². The molecule has 2 aromatic carbocycles. The zero-order valence-corrected chi connectivity index (χ0v) is 18.5. The summed E-state index contributed by atoms with van der Waals surface area (Å²) in [4.78, 5) is 24.6. The molecule has 1 amide bonds. The van der Waals surface area contributed by atoms with Gasteiger partial charge in [-0.2, -0.15) is 0 Å². The second kappa shape index (κ2) is 8.47. The summed E-state index contributed by atoms with van der Waals surface area (Å²) in [5.74, 6) is -1.48. The summed E-state index contributed by atoms with van der Waals surface area (Å²) in [6.07, 6.45) is 1.09. The highest BCUT2D eigenvalue weighted by Gasteiger charge is 2.24. The molecular formula is C23H23FN2O4S. The Kier molecular flexibility index (Phi) is 6.13. The summed E-state index contributed by atoms with van der Waals surface area (Å²) in [6.45, 7) is 2.93. The predicted octanol–water partition coefficient (Wildman–Crippen LogP) is 3.61. The zero-order valence-electron chi connectivity index (χ0n) is 17.7. The van der Waals surface area contributed by atoms with Crippen LogP contribution in [0.15, 0.2) is 54.6 Å². The maximum absolute atomic E-state index is 14.8. The standard InChI is InChI=1S/C23H23FN2O4S/c1-15-12-20(25(3)22(15)23(28)17-8-6-5-7-9-17)13-18-10-11-19(14-21(18)24)26(16(2)27)31(4,29)30/h5-12,14H,13H2,1-4H3. The van der Waals surface area contributed by atoms with E-state index >= 15 is 0 Å². The Morgan fingerprint density at radius 3 is 2.26 bits per heavy atom. The maximum Gasteiger partial charge on any atom is 0.238 e. The van der Waals surface area contributed by atoms with Crippen molar-refractivity contribution >= 4 is 27.4 Å². The Morgan fingerprint density at radius 1 is 1.06 bits per heavy atom. The van der Waals surface area contributed by atoms with Gasteiger partial charge in [0.25, 0.3) is 0 Å². The molecule has 0 saturated heterocycles. The number of carbonyl (C=O) groups excluding carboxylic acids is 2. The molecular weight excluding hydrogens is 419 g/mol. The molecule has 0 saturated carbocycles. The predicted molar refractivity (Wildman–Crippen MR) is 117 cm³/mol. The van der Waals surface area contributed by atoms with Crippen molar-refractivity contribution in [2.45, 2.75) is 20.3 Å². The van der Waals surface area contributed by atoms with Gasteiger partial charge in [0.15, 0.2) is 0 Å². The van der Waals surface area contributed by atoms with E-state index in [-0.39, 0.29) is 17.9 Å². The van der Waals surface area contributed by atoms with Gasteiger partial charge in [0, 0.05) is 31.6 Å². The third kappa shape index (κ3) is 4.59. The molecule has 3 aromatic rings. The van der Waals surface area contributed by atoms with Crippen LogP contribution < -0.4 is 4.31 Å².